The van der Waals surface area contributed by atoms with Gasteiger partial charge in [-0.15, -0.1) is 0 Å². The molecule has 7 heteroatoms. The number of hydrogen-bond donors (Lipinski definition) is 1. The van der Waals surface area contributed by atoms with E-state index in [-0.39, 0.29) is 18.1 Å². The smallest absolute Gasteiger partial charge is 0.346 e. The molecule has 0 bridgehead atoms. The average Bonchev–Trinajstić information content (AvgIpc) is 2.79. The summed E-state index contributed by atoms with van der Waals surface area (Å²) in [6.07, 6.45) is 9.05. The van der Waals surface area contributed by atoms with Crippen molar-refractivity contribution in [3.05, 3.63) is 16.3 Å². The van der Waals surface area contributed by atoms with Crippen LogP contribution < -0.4 is 11.0 Å². The maximum absolute atomic E-state index is 12.4. The Morgan fingerprint density at radius 1 is 1.20 bits per heavy atom. The highest BCUT2D eigenvalue weighted by atomic mass is 16.2. The number of hydrogen-bond acceptors (Lipinski definition) is 4. The van der Waals surface area contributed by atoms with E-state index in [0.717, 1.165) is 51.1 Å². The number of carbonyl (C=O) groups excluding carboxylic acids is 1. The van der Waals surface area contributed by atoms with E-state index >= 15 is 0 Å². The molecule has 1 N–H and O–H groups in total. The molecule has 1 atom stereocenters. The number of rotatable bonds is 6. The van der Waals surface area contributed by atoms with Gasteiger partial charge in [0.25, 0.3) is 0 Å². The molecule has 7 nitrogen and oxygen atoms in total. The summed E-state index contributed by atoms with van der Waals surface area (Å²) in [7, 11) is 0. The highest BCUT2D eigenvalue weighted by molar-refractivity contribution is 5.75. The normalized spacial score (nSPS) is 21.6. The van der Waals surface area contributed by atoms with E-state index in [1.807, 2.05) is 0 Å². The molecule has 1 fully saturated rings. The molecular weight excluding hydrogens is 318 g/mol. The van der Waals surface area contributed by atoms with Crippen molar-refractivity contribution in [3.63, 3.8) is 0 Å². The summed E-state index contributed by atoms with van der Waals surface area (Å²) in [6, 6.07) is 0.650. The van der Waals surface area contributed by atoms with E-state index in [2.05, 4.69) is 22.2 Å². The van der Waals surface area contributed by atoms with Crippen molar-refractivity contribution in [2.75, 3.05) is 19.6 Å². The molecule has 25 heavy (non-hydrogen) atoms. The van der Waals surface area contributed by atoms with Gasteiger partial charge in [0.15, 0.2) is 0 Å². The van der Waals surface area contributed by atoms with Crippen LogP contribution in [-0.2, 0) is 24.3 Å². The Bertz CT molecular complexity index is 636. The van der Waals surface area contributed by atoms with Gasteiger partial charge >= 0.3 is 5.69 Å². The predicted octanol–water partition coefficient (Wildman–Crippen LogP) is 1.15. The minimum absolute atomic E-state index is 0.0238. The molecule has 0 aliphatic carbocycles. The summed E-state index contributed by atoms with van der Waals surface area (Å²) in [5.74, 6) is 0.704. The Morgan fingerprint density at radius 3 is 2.88 bits per heavy atom. The van der Waals surface area contributed by atoms with Crippen LogP contribution in [0.4, 0.5) is 0 Å². The SMILES string of the molecule is CC[C@@H]1CCCCN1CCNC(=O)Cn1nc2n(c1=O)CCCCC2. The van der Waals surface area contributed by atoms with Crippen molar-refractivity contribution in [1.29, 1.82) is 0 Å². The largest absolute Gasteiger partial charge is 0.353 e. The lowest BCUT2D eigenvalue weighted by atomic mass is 10.0. The molecular formula is C18H31N5O2. The fourth-order valence-electron chi connectivity index (χ4n) is 4.08. The van der Waals surface area contributed by atoms with Crippen molar-refractivity contribution >= 4 is 5.91 Å². The molecule has 0 radical (unpaired) electrons. The molecule has 140 valence electrons. The van der Waals surface area contributed by atoms with Gasteiger partial charge in [0.1, 0.15) is 12.4 Å². The van der Waals surface area contributed by atoms with E-state index in [0.29, 0.717) is 12.6 Å². The Labute approximate surface area is 149 Å². The van der Waals surface area contributed by atoms with E-state index in [1.54, 1.807) is 4.57 Å². The van der Waals surface area contributed by atoms with Crippen LogP contribution in [0.25, 0.3) is 0 Å². The van der Waals surface area contributed by atoms with Crippen LogP contribution in [-0.4, -0.2) is 50.8 Å². The van der Waals surface area contributed by atoms with E-state index in [4.69, 9.17) is 0 Å². The molecule has 0 spiro atoms. The van der Waals surface area contributed by atoms with Gasteiger partial charge < -0.3 is 5.32 Å². The molecule has 1 aromatic rings. The molecule has 3 rings (SSSR count). The molecule has 2 aliphatic rings. The summed E-state index contributed by atoms with van der Waals surface area (Å²) in [6.45, 7) is 5.63. The van der Waals surface area contributed by atoms with Gasteiger partial charge in [-0.05, 0) is 38.6 Å². The van der Waals surface area contributed by atoms with E-state index < -0.39 is 0 Å². The number of nitrogens with one attached hydrogen (secondary N) is 1. The first-order valence-electron chi connectivity index (χ1n) is 9.86. The maximum atomic E-state index is 12.4. The monoisotopic (exact) mass is 349 g/mol. The van der Waals surface area contributed by atoms with Gasteiger partial charge in [-0.2, -0.15) is 5.10 Å². The molecule has 0 unspecified atom stereocenters. The van der Waals surface area contributed by atoms with Crippen LogP contribution in [0.1, 0.15) is 57.7 Å². The zero-order valence-electron chi connectivity index (χ0n) is 15.4. The molecule has 1 aromatic heterocycles. The van der Waals surface area contributed by atoms with Crippen molar-refractivity contribution in [2.45, 2.75) is 77.4 Å². The summed E-state index contributed by atoms with van der Waals surface area (Å²) in [5, 5.41) is 7.32. The summed E-state index contributed by atoms with van der Waals surface area (Å²) < 4.78 is 3.06. The van der Waals surface area contributed by atoms with Crippen LogP contribution in [0.5, 0.6) is 0 Å². The van der Waals surface area contributed by atoms with Crippen LogP contribution in [0, 0.1) is 0 Å². The highest BCUT2D eigenvalue weighted by Crippen LogP contribution is 2.18. The summed E-state index contributed by atoms with van der Waals surface area (Å²) >= 11 is 0. The van der Waals surface area contributed by atoms with Gasteiger partial charge in [-0.1, -0.05) is 19.8 Å². The lowest BCUT2D eigenvalue weighted by Crippen LogP contribution is -2.44. The van der Waals surface area contributed by atoms with Crippen molar-refractivity contribution in [2.24, 2.45) is 0 Å². The molecule has 0 saturated carbocycles. The molecule has 0 aromatic carbocycles. The number of likely N-dealkylation sites (tertiary alicyclic amines) is 1. The second kappa shape index (κ2) is 8.65. The fourth-order valence-corrected chi connectivity index (χ4v) is 4.08. The Kier molecular flexibility index (Phi) is 6.29. The van der Waals surface area contributed by atoms with Crippen LogP contribution in [0.3, 0.4) is 0 Å². The zero-order valence-corrected chi connectivity index (χ0v) is 15.4. The lowest BCUT2D eigenvalue weighted by Gasteiger charge is -2.35. The highest BCUT2D eigenvalue weighted by Gasteiger charge is 2.21. The standard InChI is InChI=1S/C18H31N5O2/c1-2-15-8-5-7-11-21(15)13-10-19-17(24)14-23-18(25)22-12-6-3-4-9-16(22)20-23/h15H,2-14H2,1H3,(H,19,24)/t15-/m1/s1. The Morgan fingerprint density at radius 2 is 2.04 bits per heavy atom. The topological polar surface area (TPSA) is 72.2 Å². The van der Waals surface area contributed by atoms with E-state index in [9.17, 15) is 9.59 Å². The third-order valence-electron chi connectivity index (χ3n) is 5.52. The quantitative estimate of drug-likeness (QED) is 0.836. The van der Waals surface area contributed by atoms with Gasteiger partial charge in [0.2, 0.25) is 5.91 Å². The Balaban J connectivity index is 1.49. The third-order valence-corrected chi connectivity index (χ3v) is 5.52. The minimum Gasteiger partial charge on any atom is -0.353 e. The number of aryl methyl sites for hydroxylation is 1. The van der Waals surface area contributed by atoms with E-state index in [1.165, 1.54) is 30.4 Å². The van der Waals surface area contributed by atoms with Gasteiger partial charge in [0, 0.05) is 32.1 Å². The van der Waals surface area contributed by atoms with Crippen molar-refractivity contribution in [3.8, 4) is 0 Å². The summed E-state index contributed by atoms with van der Waals surface area (Å²) in [5.41, 5.74) is -0.144. The first-order chi connectivity index (χ1) is 12.2. The molecule has 1 amide bonds. The second-order valence-corrected chi connectivity index (χ2v) is 7.26. The first kappa shape index (κ1) is 18.2. The lowest BCUT2D eigenvalue weighted by molar-refractivity contribution is -0.122. The molecule has 2 aliphatic heterocycles. The predicted molar refractivity (Wildman–Crippen MR) is 96.6 cm³/mol. The van der Waals surface area contributed by atoms with Crippen LogP contribution in [0.15, 0.2) is 4.79 Å². The fraction of sp³-hybridized carbons (Fsp3) is 0.833. The van der Waals surface area contributed by atoms with Crippen LogP contribution in [0.2, 0.25) is 0 Å². The summed E-state index contributed by atoms with van der Waals surface area (Å²) in [4.78, 5) is 27.1. The van der Waals surface area contributed by atoms with Gasteiger partial charge in [0.05, 0.1) is 0 Å². The molecule has 1 saturated heterocycles. The number of aromatic nitrogens is 3. The number of carbonyl (C=O) groups is 1. The van der Waals surface area contributed by atoms with Gasteiger partial charge in [-0.25, -0.2) is 9.48 Å². The number of piperidine rings is 1. The maximum Gasteiger partial charge on any atom is 0.346 e. The number of amides is 1. The van der Waals surface area contributed by atoms with Crippen LogP contribution >= 0.6 is 0 Å². The zero-order chi connectivity index (χ0) is 17.6. The number of nitrogens with zero attached hydrogens (tertiary/aromatic N) is 4. The van der Waals surface area contributed by atoms with Gasteiger partial charge in [-0.3, -0.25) is 14.3 Å². The first-order valence-corrected chi connectivity index (χ1v) is 9.86. The number of fused-ring (bicyclic) bond motifs is 1. The van der Waals surface area contributed by atoms with Crippen molar-refractivity contribution < 1.29 is 4.79 Å². The van der Waals surface area contributed by atoms with Crippen molar-refractivity contribution in [1.82, 2.24) is 24.6 Å². The Hall–Kier alpha value is -1.63. The molecule has 3 heterocycles. The average molecular weight is 349 g/mol. The minimum atomic E-state index is -0.144. The second-order valence-electron chi connectivity index (χ2n) is 7.26. The third kappa shape index (κ3) is 4.51.